The molecule has 0 atom stereocenters. The van der Waals surface area contributed by atoms with Crippen LogP contribution in [0.4, 0.5) is 0 Å². The van der Waals surface area contributed by atoms with Gasteiger partial charge in [-0.2, -0.15) is 0 Å². The molecule has 0 unspecified atom stereocenters. The van der Waals surface area contributed by atoms with Crippen LogP contribution in [-0.2, 0) is 0 Å². The molecule has 0 heterocycles. The Morgan fingerprint density at radius 2 is 1.50 bits per heavy atom. The van der Waals surface area contributed by atoms with E-state index in [9.17, 15) is 0 Å². The van der Waals surface area contributed by atoms with Crippen LogP contribution in [0, 0.1) is 5.92 Å². The van der Waals surface area contributed by atoms with Crippen LogP contribution < -0.4 is 0 Å². The van der Waals surface area contributed by atoms with E-state index in [-0.39, 0.29) is 0 Å². The van der Waals surface area contributed by atoms with Crippen molar-refractivity contribution in [2.24, 2.45) is 5.92 Å². The van der Waals surface area contributed by atoms with Crippen LogP contribution in [0.25, 0.3) is 0 Å². The fourth-order valence-electron chi connectivity index (χ4n) is 1.02. The first kappa shape index (κ1) is 10.8. The Hall–Kier alpha value is 0.797. The smallest absolute Gasteiger partial charge is 0.0446 e. The molecule has 0 aromatic rings. The molecule has 0 radical (unpaired) electrons. The van der Waals surface area contributed by atoms with Crippen molar-refractivity contribution in [3.8, 4) is 0 Å². The molecule has 0 aliphatic rings. The fraction of sp³-hybridized carbons (Fsp3) is 1.00. The van der Waals surface area contributed by atoms with Gasteiger partial charge in [0.15, 0.2) is 0 Å². The van der Waals surface area contributed by atoms with Crippen molar-refractivity contribution < 1.29 is 0 Å². The summed E-state index contributed by atoms with van der Waals surface area (Å²) in [5.41, 5.74) is 0. The maximum absolute atomic E-state index is 5.71. The summed E-state index contributed by atoms with van der Waals surface area (Å²) >= 11 is 11.4. The highest BCUT2D eigenvalue weighted by Crippen LogP contribution is 2.18. The average molecular weight is 199 g/mol. The summed E-state index contributed by atoms with van der Waals surface area (Å²) in [6.07, 6.45) is 0. The lowest BCUT2D eigenvalue weighted by Crippen LogP contribution is -2.25. The van der Waals surface area contributed by atoms with Crippen molar-refractivity contribution in [1.82, 2.24) is 0 Å². The molecule has 0 aliphatic carbocycles. The molecule has 0 N–H and O–H groups in total. The Bertz CT molecular complexity index is 84.1. The molecule has 3 heteroatoms. The zero-order chi connectivity index (χ0) is 8.20. The molecule has 0 saturated heterocycles. The molecule has 62 valence electrons. The van der Waals surface area contributed by atoms with E-state index in [4.69, 9.17) is 23.2 Å². The molecular weight excluding hydrogens is 183 g/mol. The fourth-order valence-corrected chi connectivity index (χ4v) is 3.95. The quantitative estimate of drug-likeness (QED) is 0.480. The Morgan fingerprint density at radius 1 is 1.10 bits per heavy atom. The van der Waals surface area contributed by atoms with Crippen LogP contribution in [0.3, 0.4) is 0 Å². The van der Waals surface area contributed by atoms with Crippen molar-refractivity contribution >= 4 is 31.3 Å². The standard InChI is InChI=1S/C7H16Cl2Si/c1-10(2,3)6-7(4-8)5-9/h7H,4-6H2,1-3H3. The Balaban J connectivity index is 3.63. The zero-order valence-corrected chi connectivity index (χ0v) is 9.47. The second-order valence-corrected chi connectivity index (χ2v) is 10.1. The van der Waals surface area contributed by atoms with Crippen molar-refractivity contribution in [3.63, 3.8) is 0 Å². The highest BCUT2D eigenvalue weighted by molar-refractivity contribution is 6.76. The number of rotatable bonds is 4. The van der Waals surface area contributed by atoms with Crippen LogP contribution in [0.15, 0.2) is 0 Å². The van der Waals surface area contributed by atoms with Gasteiger partial charge in [-0.25, -0.2) is 0 Å². The highest BCUT2D eigenvalue weighted by atomic mass is 35.5. The average Bonchev–Trinajstić information content (AvgIpc) is 1.81. The summed E-state index contributed by atoms with van der Waals surface area (Å²) in [6.45, 7) is 7.04. The van der Waals surface area contributed by atoms with Gasteiger partial charge < -0.3 is 0 Å². The third-order valence-corrected chi connectivity index (χ3v) is 4.01. The van der Waals surface area contributed by atoms with Gasteiger partial charge in [0.25, 0.3) is 0 Å². The van der Waals surface area contributed by atoms with Gasteiger partial charge in [-0.15, -0.1) is 23.2 Å². The molecule has 0 bridgehead atoms. The summed E-state index contributed by atoms with van der Waals surface area (Å²) in [5, 5.41) is 0. The molecule has 0 spiro atoms. The maximum Gasteiger partial charge on any atom is 0.0446 e. The Labute approximate surface area is 74.9 Å². The SMILES string of the molecule is C[Si](C)(C)CC(CCl)CCl. The molecule has 0 aromatic heterocycles. The summed E-state index contributed by atoms with van der Waals surface area (Å²) in [6, 6.07) is 1.25. The monoisotopic (exact) mass is 198 g/mol. The van der Waals surface area contributed by atoms with Crippen LogP contribution in [-0.4, -0.2) is 19.8 Å². The van der Waals surface area contributed by atoms with Gasteiger partial charge in [-0.3, -0.25) is 0 Å². The zero-order valence-electron chi connectivity index (χ0n) is 6.95. The van der Waals surface area contributed by atoms with Gasteiger partial charge in [0.1, 0.15) is 0 Å². The number of halogens is 2. The van der Waals surface area contributed by atoms with Crippen molar-refractivity contribution in [2.75, 3.05) is 11.8 Å². The Morgan fingerprint density at radius 3 is 1.60 bits per heavy atom. The summed E-state index contributed by atoms with van der Waals surface area (Å²) in [7, 11) is -0.931. The summed E-state index contributed by atoms with van der Waals surface area (Å²) in [4.78, 5) is 0. The molecule has 0 fully saturated rings. The van der Waals surface area contributed by atoms with Gasteiger partial charge in [0.2, 0.25) is 0 Å². The van der Waals surface area contributed by atoms with E-state index >= 15 is 0 Å². The maximum atomic E-state index is 5.71. The lowest BCUT2D eigenvalue weighted by molar-refractivity contribution is 0.737. The third kappa shape index (κ3) is 5.57. The molecule has 0 rings (SSSR count). The van der Waals surface area contributed by atoms with Crippen molar-refractivity contribution in [3.05, 3.63) is 0 Å². The number of hydrogen-bond acceptors (Lipinski definition) is 0. The van der Waals surface area contributed by atoms with Crippen LogP contribution in [0.5, 0.6) is 0 Å². The minimum atomic E-state index is -0.931. The van der Waals surface area contributed by atoms with E-state index < -0.39 is 8.07 Å². The van der Waals surface area contributed by atoms with E-state index in [0.29, 0.717) is 17.7 Å². The molecule has 0 amide bonds. The normalized spacial score (nSPS) is 12.6. The number of alkyl halides is 2. The molecule has 0 aliphatic heterocycles. The van der Waals surface area contributed by atoms with Gasteiger partial charge >= 0.3 is 0 Å². The minimum absolute atomic E-state index is 0.537. The largest absolute Gasteiger partial charge is 0.126 e. The van der Waals surface area contributed by atoms with Crippen LogP contribution >= 0.6 is 23.2 Å². The van der Waals surface area contributed by atoms with E-state index in [1.165, 1.54) is 6.04 Å². The first-order valence-electron chi connectivity index (χ1n) is 3.61. The molecule has 0 saturated carbocycles. The second kappa shape index (κ2) is 4.63. The highest BCUT2D eigenvalue weighted by Gasteiger charge is 2.18. The molecule has 10 heavy (non-hydrogen) atoms. The van der Waals surface area contributed by atoms with E-state index in [0.717, 1.165) is 0 Å². The number of hydrogen-bond donors (Lipinski definition) is 0. The Kier molecular flexibility index (Phi) is 5.00. The van der Waals surface area contributed by atoms with Gasteiger partial charge in [-0.1, -0.05) is 25.7 Å². The molecule has 0 nitrogen and oxygen atoms in total. The first-order valence-corrected chi connectivity index (χ1v) is 8.39. The van der Waals surface area contributed by atoms with Crippen molar-refractivity contribution in [1.29, 1.82) is 0 Å². The van der Waals surface area contributed by atoms with Gasteiger partial charge in [-0.05, 0) is 5.92 Å². The van der Waals surface area contributed by atoms with E-state index in [1.54, 1.807) is 0 Å². The topological polar surface area (TPSA) is 0 Å². The molecular formula is C7H16Cl2Si. The molecule has 0 aromatic carbocycles. The predicted octanol–water partition coefficient (Wildman–Crippen LogP) is 3.42. The minimum Gasteiger partial charge on any atom is -0.126 e. The van der Waals surface area contributed by atoms with Crippen molar-refractivity contribution in [2.45, 2.75) is 25.7 Å². The van der Waals surface area contributed by atoms with Gasteiger partial charge in [0, 0.05) is 19.8 Å². The van der Waals surface area contributed by atoms with Crippen LogP contribution in [0.2, 0.25) is 25.7 Å². The summed E-state index contributed by atoms with van der Waals surface area (Å²) < 4.78 is 0. The third-order valence-electron chi connectivity index (χ3n) is 1.34. The summed E-state index contributed by atoms with van der Waals surface area (Å²) in [5.74, 6) is 1.97. The van der Waals surface area contributed by atoms with Crippen LogP contribution in [0.1, 0.15) is 0 Å². The van der Waals surface area contributed by atoms with E-state index in [2.05, 4.69) is 19.6 Å². The van der Waals surface area contributed by atoms with Gasteiger partial charge in [0.05, 0.1) is 0 Å². The predicted molar refractivity (Wildman–Crippen MR) is 53.1 cm³/mol. The van der Waals surface area contributed by atoms with E-state index in [1.807, 2.05) is 0 Å². The first-order chi connectivity index (χ1) is 4.49. The second-order valence-electron chi connectivity index (χ2n) is 3.94. The lowest BCUT2D eigenvalue weighted by Gasteiger charge is -2.20. The lowest BCUT2D eigenvalue weighted by atomic mass is 10.3.